The highest BCUT2D eigenvalue weighted by Crippen LogP contribution is 2.42. The van der Waals surface area contributed by atoms with E-state index >= 15 is 0 Å². The zero-order valence-electron chi connectivity index (χ0n) is 49.7. The lowest BCUT2D eigenvalue weighted by Crippen LogP contribution is -2.46. The van der Waals surface area contributed by atoms with E-state index in [4.69, 9.17) is 9.47 Å². The predicted molar refractivity (Wildman–Crippen MR) is 312 cm³/mol. The molecule has 80 heavy (non-hydrogen) atoms. The molecule has 3 saturated heterocycles. The summed E-state index contributed by atoms with van der Waals surface area (Å²) in [6.07, 6.45) is 7.18. The Morgan fingerprint density at radius 2 is 0.938 bits per heavy atom. The molecule has 3 aromatic carbocycles. The van der Waals surface area contributed by atoms with Crippen LogP contribution in [0.4, 0.5) is 26.7 Å². The van der Waals surface area contributed by atoms with Gasteiger partial charge in [0.25, 0.3) is 0 Å². The van der Waals surface area contributed by atoms with Crippen molar-refractivity contribution in [2.45, 2.75) is 202 Å². The summed E-state index contributed by atoms with van der Waals surface area (Å²) in [5.41, 5.74) is 8.20. The molecule has 16 nitrogen and oxygen atoms in total. The molecule has 0 saturated carbocycles. The lowest BCUT2D eigenvalue weighted by molar-refractivity contribution is -0.128. The van der Waals surface area contributed by atoms with Crippen molar-refractivity contribution in [1.29, 1.82) is 0 Å². The molecule has 9 rings (SSSR count). The summed E-state index contributed by atoms with van der Waals surface area (Å²) in [7, 11) is 0. The van der Waals surface area contributed by atoms with Gasteiger partial charge in [-0.1, -0.05) is 77.9 Å². The summed E-state index contributed by atoms with van der Waals surface area (Å²) in [6.45, 7) is 25.3. The lowest BCUT2D eigenvalue weighted by atomic mass is 9.80. The van der Waals surface area contributed by atoms with Crippen molar-refractivity contribution in [2.75, 3.05) is 35.6 Å². The third kappa shape index (κ3) is 16.2. The minimum Gasteiger partial charge on any atom is -0.444 e. The second-order valence-electron chi connectivity index (χ2n) is 26.1. The van der Waals surface area contributed by atoms with E-state index in [1.54, 1.807) is 9.80 Å². The number of anilines is 3. The van der Waals surface area contributed by atoms with Gasteiger partial charge in [-0.05, 0) is 181 Å². The molecule has 8 atom stereocenters. The number of likely N-dealkylation sites (tertiary alicyclic amines) is 2. The molecular weight excluding hydrogens is 1010 g/mol. The highest BCUT2D eigenvalue weighted by molar-refractivity contribution is 5.95. The van der Waals surface area contributed by atoms with Crippen molar-refractivity contribution >= 4 is 52.8 Å². The number of hydrogen-bond donors (Lipinski definition) is 6. The first-order valence-electron chi connectivity index (χ1n) is 29.5. The molecule has 5 amide bonds. The third-order valence-corrected chi connectivity index (χ3v) is 16.5. The maximum atomic E-state index is 12.9. The zero-order valence-corrected chi connectivity index (χ0v) is 49.7. The number of benzene rings is 3. The molecule has 0 spiro atoms. The monoisotopic (exact) mass is 1100 g/mol. The number of piperidine rings is 3. The first-order chi connectivity index (χ1) is 37.6. The molecule has 6 heterocycles. The van der Waals surface area contributed by atoms with Gasteiger partial charge in [0.05, 0.1) is 24.3 Å². The lowest BCUT2D eigenvalue weighted by Gasteiger charge is -2.42. The van der Waals surface area contributed by atoms with Crippen molar-refractivity contribution in [3.63, 3.8) is 0 Å². The number of carbonyl (C=O) groups is 6. The molecular formula is C64H92N6O10. The average molecular weight is 1110 g/mol. The summed E-state index contributed by atoms with van der Waals surface area (Å²) in [5, 5.41) is 33.3. The van der Waals surface area contributed by atoms with Gasteiger partial charge < -0.3 is 50.8 Å². The summed E-state index contributed by atoms with van der Waals surface area (Å²) < 4.78 is 11.3. The number of hydrogen-bond acceptors (Lipinski definition) is 11. The largest absolute Gasteiger partial charge is 0.444 e. The number of Topliss-reactive ketones (excluding diaryl/α,β-unsaturated/α-hetero) is 1. The zero-order chi connectivity index (χ0) is 58.4. The summed E-state index contributed by atoms with van der Waals surface area (Å²) in [6, 6.07) is 18.2. The van der Waals surface area contributed by atoms with Gasteiger partial charge in [0, 0.05) is 67.3 Å². The molecule has 438 valence electrons. The average Bonchev–Trinajstić information content (AvgIpc) is 3.41. The Bertz CT molecular complexity index is 2710. The number of ether oxygens (including phenoxy) is 2. The number of aliphatic hydroxyl groups excluding tert-OH is 2. The minimum atomic E-state index is -0.577. The number of nitrogens with one attached hydrogen (secondary N) is 4. The molecule has 3 aromatic rings. The van der Waals surface area contributed by atoms with Crippen LogP contribution in [-0.4, -0.2) is 98.7 Å². The van der Waals surface area contributed by atoms with E-state index in [0.29, 0.717) is 82.3 Å². The van der Waals surface area contributed by atoms with Crippen molar-refractivity contribution in [3.8, 4) is 0 Å². The minimum absolute atomic E-state index is 0.0209. The fourth-order valence-electron chi connectivity index (χ4n) is 12.1. The van der Waals surface area contributed by atoms with Crippen molar-refractivity contribution in [2.24, 2.45) is 35.5 Å². The highest BCUT2D eigenvalue weighted by atomic mass is 16.6. The van der Waals surface area contributed by atoms with Crippen LogP contribution >= 0.6 is 0 Å². The number of nitrogens with zero attached hydrogens (tertiary/aromatic N) is 2. The second kappa shape index (κ2) is 26.4. The molecule has 8 unspecified atom stereocenters. The van der Waals surface area contributed by atoms with E-state index < -0.39 is 17.3 Å². The second-order valence-corrected chi connectivity index (χ2v) is 26.1. The fourth-order valence-corrected chi connectivity index (χ4v) is 12.1. The van der Waals surface area contributed by atoms with Crippen LogP contribution in [0.15, 0.2) is 54.6 Å². The molecule has 3 fully saturated rings. The van der Waals surface area contributed by atoms with Crippen LogP contribution in [0.2, 0.25) is 0 Å². The molecule has 16 heteroatoms. The van der Waals surface area contributed by atoms with Crippen molar-refractivity contribution in [3.05, 3.63) is 88.0 Å². The number of aryl methyl sites for hydroxylation is 3. The van der Waals surface area contributed by atoms with Crippen LogP contribution in [-0.2, 0) is 47.9 Å². The first-order valence-corrected chi connectivity index (χ1v) is 29.5. The Kier molecular flexibility index (Phi) is 20.4. The summed E-state index contributed by atoms with van der Waals surface area (Å²) >= 11 is 0. The quantitative estimate of drug-likeness (QED) is 0.118. The summed E-state index contributed by atoms with van der Waals surface area (Å²) in [5.74, 6) is 1.33. The number of rotatable bonds is 9. The fraction of sp³-hybridized carbons (Fsp3) is 0.625. The van der Waals surface area contributed by atoms with Gasteiger partial charge >= 0.3 is 12.2 Å². The molecule has 6 aliphatic rings. The van der Waals surface area contributed by atoms with E-state index in [1.807, 2.05) is 99.6 Å². The first kappa shape index (κ1) is 61.8. The van der Waals surface area contributed by atoms with Crippen LogP contribution in [0.25, 0.3) is 0 Å². The Balaban J connectivity index is 0.000000175. The van der Waals surface area contributed by atoms with Crippen LogP contribution in [0.1, 0.15) is 192 Å². The number of fused-ring (bicyclic) bond motifs is 3. The van der Waals surface area contributed by atoms with Gasteiger partial charge in [0.2, 0.25) is 17.7 Å². The van der Waals surface area contributed by atoms with Gasteiger partial charge in [0.15, 0.2) is 0 Å². The number of ketones is 1. The Hall–Kier alpha value is -5.84. The van der Waals surface area contributed by atoms with Gasteiger partial charge in [-0.15, -0.1) is 0 Å². The van der Waals surface area contributed by atoms with E-state index in [0.717, 1.165) is 71.5 Å². The number of aliphatic hydroxyl groups is 2. The van der Waals surface area contributed by atoms with E-state index in [9.17, 15) is 39.0 Å². The molecule has 0 radical (unpaired) electrons. The van der Waals surface area contributed by atoms with E-state index in [2.05, 4.69) is 59.4 Å². The normalized spacial score (nSPS) is 23.8. The Morgan fingerprint density at radius 1 is 0.537 bits per heavy atom. The number of carbonyl (C=O) groups excluding carboxylic acids is 6. The molecule has 0 bridgehead atoms. The van der Waals surface area contributed by atoms with Crippen molar-refractivity contribution < 1.29 is 48.5 Å². The van der Waals surface area contributed by atoms with Crippen LogP contribution in [0.5, 0.6) is 0 Å². The molecule has 6 N–H and O–H groups in total. The molecule has 0 aliphatic carbocycles. The Labute approximate surface area is 475 Å². The topological polar surface area (TPSA) is 216 Å². The smallest absolute Gasteiger partial charge is 0.410 e. The van der Waals surface area contributed by atoms with Gasteiger partial charge in [-0.3, -0.25) is 19.2 Å². The van der Waals surface area contributed by atoms with Crippen molar-refractivity contribution in [1.82, 2.24) is 15.1 Å². The number of amides is 5. The standard InChI is InChI=1S/C23H34N2O4.C23H32N2O4.C18H26N2O2/c2*1-14(2)21(27)17-10-11-25(22(28)29-23(3,4)5)19(13-17)16-6-8-18-15(12-16)7-9-20(26)24-18;1-11(2)18(22)14-7-8-19-16(10-14)13-3-5-15-12(9-13)4-6-17(21)20-15/h6,8,12,14,17,19,21,27H,7,9-11,13H2,1-5H3,(H,24,26);6,8,12,14,17,19H,7,9-11,13H2,1-5H3,(H,24,26);3,5,9,11,14,16,18-19,22H,4,6-8,10H2,1-2H3,(H,20,21). The maximum absolute atomic E-state index is 12.9. The molecule has 6 aliphatic heterocycles. The van der Waals surface area contributed by atoms with Crippen LogP contribution in [0, 0.1) is 35.5 Å². The van der Waals surface area contributed by atoms with Gasteiger partial charge in [0.1, 0.15) is 17.0 Å². The Morgan fingerprint density at radius 3 is 1.36 bits per heavy atom. The highest BCUT2D eigenvalue weighted by Gasteiger charge is 2.40. The van der Waals surface area contributed by atoms with E-state index in [-0.39, 0.29) is 77.6 Å². The SMILES string of the molecule is CC(C)C(=O)C1CCN(C(=O)OC(C)(C)C)C(c2ccc3c(c2)CCC(=O)N3)C1.CC(C)C(O)C1CCN(C(=O)OC(C)(C)C)C(c2ccc3c(c2)CCC(=O)N3)C1.CC(C)C(O)C1CCNC(c2ccc3c(c2)CCC(=O)N3)C1. The van der Waals surface area contributed by atoms with E-state index in [1.165, 1.54) is 11.1 Å². The predicted octanol–water partition coefficient (Wildman–Crippen LogP) is 11.4. The van der Waals surface area contributed by atoms with Crippen LogP contribution in [0.3, 0.4) is 0 Å². The van der Waals surface area contributed by atoms with Gasteiger partial charge in [-0.2, -0.15) is 0 Å². The molecule has 0 aromatic heterocycles. The van der Waals surface area contributed by atoms with Crippen LogP contribution < -0.4 is 21.3 Å². The maximum Gasteiger partial charge on any atom is 0.410 e. The summed E-state index contributed by atoms with van der Waals surface area (Å²) in [4.78, 5) is 76.8. The van der Waals surface area contributed by atoms with Gasteiger partial charge in [-0.25, -0.2) is 9.59 Å². The third-order valence-electron chi connectivity index (χ3n) is 16.5.